The Kier molecular flexibility index (Phi) is 5.62. The maximum atomic E-state index is 9.18. The number of aliphatic hydroxyl groups excluding tert-OH is 1. The Morgan fingerprint density at radius 2 is 2.31 bits per heavy atom. The van der Waals surface area contributed by atoms with Gasteiger partial charge in [-0.25, -0.2) is 0 Å². The summed E-state index contributed by atoms with van der Waals surface area (Å²) in [6.45, 7) is 0. The molecule has 0 bridgehead atoms. The van der Waals surface area contributed by atoms with Crippen LogP contribution < -0.4 is 0 Å². The Labute approximate surface area is 75.5 Å². The van der Waals surface area contributed by atoms with E-state index in [1.54, 1.807) is 7.11 Å². The number of methoxy groups -OCH3 is 1. The fourth-order valence-electron chi connectivity index (χ4n) is 1.05. The van der Waals surface area contributed by atoms with Gasteiger partial charge < -0.3 is 15.1 Å². The predicted octanol–water partition coefficient (Wildman–Crippen LogP) is 0.714. The predicted molar refractivity (Wildman–Crippen MR) is 43.7 cm³/mol. The van der Waals surface area contributed by atoms with Crippen LogP contribution in [0.5, 0.6) is 0 Å². The molecule has 0 fully saturated rings. The van der Waals surface area contributed by atoms with Gasteiger partial charge in [-0.1, -0.05) is 0 Å². The summed E-state index contributed by atoms with van der Waals surface area (Å²) in [4.78, 5) is 8.36. The monoisotopic (exact) mass is 191 g/mol. The van der Waals surface area contributed by atoms with Crippen molar-refractivity contribution in [2.24, 2.45) is 0 Å². The van der Waals surface area contributed by atoms with Gasteiger partial charge in [-0.15, -0.1) is 10.1 Å². The van der Waals surface area contributed by atoms with E-state index in [0.717, 1.165) is 25.0 Å². The lowest BCUT2D eigenvalue weighted by molar-refractivity contribution is -0.742. The van der Waals surface area contributed by atoms with Gasteiger partial charge in [0.05, 0.1) is 7.11 Å². The molecule has 0 aromatic heterocycles. The maximum absolute atomic E-state index is 9.18. The van der Waals surface area contributed by atoms with Crippen LogP contribution in [0, 0.1) is 10.1 Å². The zero-order valence-corrected chi connectivity index (χ0v) is 7.34. The van der Waals surface area contributed by atoms with Crippen molar-refractivity contribution < 1.29 is 20.1 Å². The van der Waals surface area contributed by atoms with Gasteiger partial charge in [0, 0.05) is 0 Å². The number of aliphatic hydroxyl groups is 1. The lowest BCUT2D eigenvalue weighted by Crippen LogP contribution is -2.14. The van der Waals surface area contributed by atoms with Crippen LogP contribution in [0.4, 0.5) is 0 Å². The zero-order chi connectivity index (χ0) is 10.3. The number of ether oxygens (including phenoxy) is 1. The van der Waals surface area contributed by atoms with Crippen LogP contribution in [-0.2, 0) is 4.74 Å². The summed E-state index contributed by atoms with van der Waals surface area (Å²) in [5.74, 6) is 0.737. The zero-order valence-electron chi connectivity index (χ0n) is 7.34. The SMILES string of the molecule is COC1=CCCCC1O.O=[N+]([O-])O. The van der Waals surface area contributed by atoms with Gasteiger partial charge in [0.15, 0.2) is 0 Å². The molecule has 1 aliphatic carbocycles. The van der Waals surface area contributed by atoms with E-state index >= 15 is 0 Å². The summed E-state index contributed by atoms with van der Waals surface area (Å²) >= 11 is 0. The average molecular weight is 191 g/mol. The highest BCUT2D eigenvalue weighted by molar-refractivity contribution is 5.02. The van der Waals surface area contributed by atoms with Crippen LogP contribution in [0.15, 0.2) is 11.8 Å². The van der Waals surface area contributed by atoms with E-state index < -0.39 is 5.09 Å². The third-order valence-corrected chi connectivity index (χ3v) is 1.59. The molecular weight excluding hydrogens is 178 g/mol. The molecule has 0 amide bonds. The second-order valence-electron chi connectivity index (χ2n) is 2.50. The molecule has 76 valence electrons. The number of rotatable bonds is 1. The van der Waals surface area contributed by atoms with Crippen molar-refractivity contribution in [1.82, 2.24) is 0 Å². The van der Waals surface area contributed by atoms with Crippen molar-refractivity contribution in [3.63, 3.8) is 0 Å². The summed E-state index contributed by atoms with van der Waals surface area (Å²) in [5, 5.41) is 22.8. The smallest absolute Gasteiger partial charge is 0.291 e. The molecule has 0 aromatic carbocycles. The molecule has 6 heteroatoms. The molecule has 13 heavy (non-hydrogen) atoms. The first-order valence-corrected chi connectivity index (χ1v) is 3.83. The Morgan fingerprint density at radius 3 is 2.62 bits per heavy atom. The van der Waals surface area contributed by atoms with Crippen molar-refractivity contribution in [2.45, 2.75) is 25.4 Å². The van der Waals surface area contributed by atoms with E-state index in [-0.39, 0.29) is 6.10 Å². The minimum Gasteiger partial charge on any atom is -0.499 e. The number of hydrogen-bond donors (Lipinski definition) is 2. The molecule has 2 N–H and O–H groups in total. The molecule has 1 rings (SSSR count). The molecule has 0 radical (unpaired) electrons. The average Bonchev–Trinajstić information content (AvgIpc) is 2.04. The highest BCUT2D eigenvalue weighted by Gasteiger charge is 2.13. The van der Waals surface area contributed by atoms with Gasteiger partial charge >= 0.3 is 0 Å². The normalized spacial score (nSPS) is 20.8. The van der Waals surface area contributed by atoms with E-state index in [4.69, 9.17) is 20.1 Å². The summed E-state index contributed by atoms with van der Waals surface area (Å²) in [6, 6.07) is 0. The largest absolute Gasteiger partial charge is 0.499 e. The first kappa shape index (κ1) is 11.7. The minimum absolute atomic E-state index is 0.344. The molecule has 0 saturated carbocycles. The topological polar surface area (TPSA) is 92.8 Å². The second-order valence-corrected chi connectivity index (χ2v) is 2.50. The molecule has 6 nitrogen and oxygen atoms in total. The van der Waals surface area contributed by atoms with E-state index in [1.807, 2.05) is 6.08 Å². The lowest BCUT2D eigenvalue weighted by atomic mass is 10.0. The van der Waals surface area contributed by atoms with E-state index in [0.29, 0.717) is 0 Å². The van der Waals surface area contributed by atoms with Crippen molar-refractivity contribution in [2.75, 3.05) is 7.11 Å². The molecule has 0 heterocycles. The fraction of sp³-hybridized carbons (Fsp3) is 0.714. The highest BCUT2D eigenvalue weighted by Crippen LogP contribution is 2.17. The summed E-state index contributed by atoms with van der Waals surface area (Å²) < 4.78 is 4.91. The van der Waals surface area contributed by atoms with Crippen LogP contribution >= 0.6 is 0 Å². The third-order valence-electron chi connectivity index (χ3n) is 1.59. The first-order valence-electron chi connectivity index (χ1n) is 3.83. The van der Waals surface area contributed by atoms with Crippen molar-refractivity contribution in [1.29, 1.82) is 0 Å². The summed E-state index contributed by atoms with van der Waals surface area (Å²) in [7, 11) is 1.60. The molecule has 1 atom stereocenters. The Bertz CT molecular complexity index is 187. The molecule has 0 saturated heterocycles. The van der Waals surface area contributed by atoms with Crippen LogP contribution in [-0.4, -0.2) is 28.6 Å². The van der Waals surface area contributed by atoms with Crippen molar-refractivity contribution >= 4 is 0 Å². The Morgan fingerprint density at radius 1 is 1.77 bits per heavy atom. The van der Waals surface area contributed by atoms with Crippen LogP contribution in [0.2, 0.25) is 0 Å². The molecule has 0 spiro atoms. The highest BCUT2D eigenvalue weighted by atomic mass is 16.9. The molecule has 0 aromatic rings. The first-order chi connectivity index (χ1) is 6.07. The molecule has 1 aliphatic rings. The minimum atomic E-state index is -1.50. The van der Waals surface area contributed by atoms with Crippen molar-refractivity contribution in [3.05, 3.63) is 21.9 Å². The summed E-state index contributed by atoms with van der Waals surface area (Å²) in [6.07, 6.45) is 4.58. The molecule has 1 unspecified atom stereocenters. The maximum Gasteiger partial charge on any atom is 0.291 e. The standard InChI is InChI=1S/C7H12O2.HNO3/c1-9-7-5-3-2-4-6(7)8;2-1(3)4/h5-6,8H,2-4H2,1H3;(H,2,3,4). The van der Waals surface area contributed by atoms with E-state index in [9.17, 15) is 5.11 Å². The molecule has 0 aliphatic heterocycles. The van der Waals surface area contributed by atoms with Crippen LogP contribution in [0.25, 0.3) is 0 Å². The molecular formula is C7H13NO5. The lowest BCUT2D eigenvalue weighted by Gasteiger charge is -2.17. The van der Waals surface area contributed by atoms with E-state index in [1.165, 1.54) is 0 Å². The summed E-state index contributed by atoms with van der Waals surface area (Å²) in [5.41, 5.74) is 0. The van der Waals surface area contributed by atoms with Gasteiger partial charge in [0.25, 0.3) is 5.09 Å². The number of nitrogens with zero attached hydrogens (tertiary/aromatic N) is 1. The van der Waals surface area contributed by atoms with Crippen LogP contribution in [0.3, 0.4) is 0 Å². The quantitative estimate of drug-likeness (QED) is 0.470. The Balaban J connectivity index is 0.000000310. The van der Waals surface area contributed by atoms with Gasteiger partial charge in [-0.2, -0.15) is 0 Å². The third kappa shape index (κ3) is 5.92. The Hall–Kier alpha value is -1.30. The number of hydrogen-bond acceptors (Lipinski definition) is 4. The van der Waals surface area contributed by atoms with Crippen molar-refractivity contribution in [3.8, 4) is 0 Å². The van der Waals surface area contributed by atoms with Gasteiger partial charge in [-0.3, -0.25) is 0 Å². The fourth-order valence-corrected chi connectivity index (χ4v) is 1.05. The van der Waals surface area contributed by atoms with Gasteiger partial charge in [-0.05, 0) is 25.3 Å². The van der Waals surface area contributed by atoms with Gasteiger partial charge in [0.2, 0.25) is 0 Å². The number of allylic oxidation sites excluding steroid dienone is 1. The van der Waals surface area contributed by atoms with E-state index in [2.05, 4.69) is 0 Å². The second kappa shape index (κ2) is 6.24. The van der Waals surface area contributed by atoms with Gasteiger partial charge in [0.1, 0.15) is 11.9 Å². The van der Waals surface area contributed by atoms with Crippen LogP contribution in [0.1, 0.15) is 19.3 Å².